The maximum Gasteiger partial charge on any atom is 0.251 e. The van der Waals surface area contributed by atoms with E-state index in [0.29, 0.717) is 25.1 Å². The standard InChI is InChI=1S/C22H34N2O3/c1-21(2,3)16-13-15(14-17(19(16)26)22(4,5)6)20(27)23-10-8-12-24-11-7-9-18(24)25/h13-14,26H,7-12H2,1-6H3,(H,23,27). The second kappa shape index (κ2) is 7.91. The summed E-state index contributed by atoms with van der Waals surface area (Å²) in [5.74, 6) is 0.349. The van der Waals surface area contributed by atoms with Gasteiger partial charge in [0.15, 0.2) is 0 Å². The first-order valence-electron chi connectivity index (χ1n) is 9.85. The van der Waals surface area contributed by atoms with Crippen molar-refractivity contribution < 1.29 is 14.7 Å². The Morgan fingerprint density at radius 3 is 2.11 bits per heavy atom. The molecule has 0 aliphatic carbocycles. The summed E-state index contributed by atoms with van der Waals surface area (Å²) in [6, 6.07) is 3.59. The zero-order valence-corrected chi connectivity index (χ0v) is 17.6. The summed E-state index contributed by atoms with van der Waals surface area (Å²) in [7, 11) is 0. The smallest absolute Gasteiger partial charge is 0.251 e. The topological polar surface area (TPSA) is 69.6 Å². The summed E-state index contributed by atoms with van der Waals surface area (Å²) in [6.45, 7) is 14.2. The number of phenolic OH excluding ortho intramolecular Hbond substituents is 1. The second-order valence-corrected chi connectivity index (χ2v) is 9.51. The van der Waals surface area contributed by atoms with Crippen LogP contribution >= 0.6 is 0 Å². The zero-order chi connectivity index (χ0) is 20.4. The lowest BCUT2D eigenvalue weighted by Crippen LogP contribution is -2.31. The van der Waals surface area contributed by atoms with Crippen molar-refractivity contribution in [1.29, 1.82) is 0 Å². The van der Waals surface area contributed by atoms with Crippen molar-refractivity contribution in [3.8, 4) is 5.75 Å². The molecule has 2 rings (SSSR count). The Kier molecular flexibility index (Phi) is 6.23. The molecule has 1 aromatic carbocycles. The first kappa shape index (κ1) is 21.3. The third kappa shape index (κ3) is 5.24. The number of benzene rings is 1. The molecule has 0 bridgehead atoms. The van der Waals surface area contributed by atoms with Crippen molar-refractivity contribution in [2.45, 2.75) is 71.6 Å². The SMILES string of the molecule is CC(C)(C)c1cc(C(=O)NCCCN2CCCC2=O)cc(C(C)(C)C)c1O. The Morgan fingerprint density at radius 1 is 1.11 bits per heavy atom. The van der Waals surface area contributed by atoms with Crippen molar-refractivity contribution in [2.75, 3.05) is 19.6 Å². The van der Waals surface area contributed by atoms with Crippen LogP contribution < -0.4 is 5.32 Å². The first-order valence-corrected chi connectivity index (χ1v) is 9.85. The van der Waals surface area contributed by atoms with Gasteiger partial charge < -0.3 is 15.3 Å². The van der Waals surface area contributed by atoms with Gasteiger partial charge in [-0.05, 0) is 35.8 Å². The molecule has 0 unspecified atom stereocenters. The Bertz CT molecular complexity index is 676. The Hall–Kier alpha value is -2.04. The number of rotatable bonds is 5. The van der Waals surface area contributed by atoms with E-state index in [0.717, 1.165) is 30.5 Å². The number of hydrogen-bond donors (Lipinski definition) is 2. The van der Waals surface area contributed by atoms with E-state index in [4.69, 9.17) is 0 Å². The van der Waals surface area contributed by atoms with Gasteiger partial charge in [-0.25, -0.2) is 0 Å². The van der Waals surface area contributed by atoms with Crippen LogP contribution in [-0.4, -0.2) is 41.5 Å². The number of phenols is 1. The molecule has 1 aliphatic rings. The van der Waals surface area contributed by atoms with Crippen molar-refractivity contribution in [3.05, 3.63) is 28.8 Å². The van der Waals surface area contributed by atoms with Gasteiger partial charge in [0.05, 0.1) is 0 Å². The van der Waals surface area contributed by atoms with Crippen molar-refractivity contribution >= 4 is 11.8 Å². The van der Waals surface area contributed by atoms with Crippen LogP contribution in [0.3, 0.4) is 0 Å². The van der Waals surface area contributed by atoms with E-state index in [1.54, 1.807) is 12.1 Å². The molecule has 150 valence electrons. The van der Waals surface area contributed by atoms with Gasteiger partial charge in [-0.15, -0.1) is 0 Å². The van der Waals surface area contributed by atoms with Gasteiger partial charge in [-0.3, -0.25) is 9.59 Å². The molecule has 1 fully saturated rings. The van der Waals surface area contributed by atoms with Crippen LogP contribution in [0.2, 0.25) is 0 Å². The summed E-state index contributed by atoms with van der Waals surface area (Å²) in [5.41, 5.74) is 1.60. The quantitative estimate of drug-likeness (QED) is 0.772. The van der Waals surface area contributed by atoms with E-state index in [1.807, 2.05) is 46.4 Å². The van der Waals surface area contributed by atoms with E-state index in [9.17, 15) is 14.7 Å². The van der Waals surface area contributed by atoms with Crippen LogP contribution in [-0.2, 0) is 15.6 Å². The van der Waals surface area contributed by atoms with Crippen LogP contribution in [0, 0.1) is 0 Å². The molecule has 1 heterocycles. The predicted molar refractivity (Wildman–Crippen MR) is 108 cm³/mol. The number of nitrogens with zero attached hydrogens (tertiary/aromatic N) is 1. The van der Waals surface area contributed by atoms with Gasteiger partial charge in [-0.1, -0.05) is 41.5 Å². The Balaban J connectivity index is 2.11. The van der Waals surface area contributed by atoms with Gasteiger partial charge in [0, 0.05) is 42.7 Å². The van der Waals surface area contributed by atoms with Crippen molar-refractivity contribution in [1.82, 2.24) is 10.2 Å². The fourth-order valence-electron chi connectivity index (χ4n) is 3.42. The summed E-state index contributed by atoms with van der Waals surface area (Å²) in [6.07, 6.45) is 2.32. The molecular weight excluding hydrogens is 340 g/mol. The van der Waals surface area contributed by atoms with Crippen LogP contribution in [0.15, 0.2) is 12.1 Å². The average Bonchev–Trinajstić information content (AvgIpc) is 2.94. The molecule has 1 saturated heterocycles. The highest BCUT2D eigenvalue weighted by Gasteiger charge is 2.27. The van der Waals surface area contributed by atoms with E-state index >= 15 is 0 Å². The molecule has 0 atom stereocenters. The summed E-state index contributed by atoms with van der Waals surface area (Å²) in [4.78, 5) is 26.2. The molecular formula is C22H34N2O3. The monoisotopic (exact) mass is 374 g/mol. The largest absolute Gasteiger partial charge is 0.507 e. The fraction of sp³-hybridized carbons (Fsp3) is 0.636. The van der Waals surface area contributed by atoms with E-state index < -0.39 is 0 Å². The van der Waals surface area contributed by atoms with E-state index in [2.05, 4.69) is 5.32 Å². The molecule has 0 spiro atoms. The molecule has 0 saturated carbocycles. The number of carbonyl (C=O) groups excluding carboxylic acids is 2. The highest BCUT2D eigenvalue weighted by molar-refractivity contribution is 5.95. The van der Waals surface area contributed by atoms with Gasteiger partial charge >= 0.3 is 0 Å². The molecule has 2 N–H and O–H groups in total. The van der Waals surface area contributed by atoms with Gasteiger partial charge in [0.2, 0.25) is 5.91 Å². The number of amides is 2. The average molecular weight is 375 g/mol. The lowest BCUT2D eigenvalue weighted by atomic mass is 9.78. The summed E-state index contributed by atoms with van der Waals surface area (Å²) < 4.78 is 0. The van der Waals surface area contributed by atoms with Crippen LogP contribution in [0.5, 0.6) is 5.75 Å². The Labute approximate surface area is 163 Å². The van der Waals surface area contributed by atoms with Crippen molar-refractivity contribution in [3.63, 3.8) is 0 Å². The van der Waals surface area contributed by atoms with Gasteiger partial charge in [0.1, 0.15) is 5.75 Å². The van der Waals surface area contributed by atoms with Crippen LogP contribution in [0.1, 0.15) is 82.3 Å². The second-order valence-electron chi connectivity index (χ2n) is 9.51. The third-order valence-corrected chi connectivity index (χ3v) is 5.05. The summed E-state index contributed by atoms with van der Waals surface area (Å²) in [5, 5.41) is 13.7. The molecule has 0 radical (unpaired) electrons. The van der Waals surface area contributed by atoms with E-state index in [-0.39, 0.29) is 28.4 Å². The van der Waals surface area contributed by atoms with Crippen LogP contribution in [0.4, 0.5) is 0 Å². The first-order chi connectivity index (χ1) is 12.4. The fourth-order valence-corrected chi connectivity index (χ4v) is 3.42. The minimum Gasteiger partial charge on any atom is -0.507 e. The molecule has 1 aromatic rings. The number of likely N-dealkylation sites (tertiary alicyclic amines) is 1. The molecule has 27 heavy (non-hydrogen) atoms. The molecule has 0 aromatic heterocycles. The zero-order valence-electron chi connectivity index (χ0n) is 17.6. The number of hydrogen-bond acceptors (Lipinski definition) is 3. The summed E-state index contributed by atoms with van der Waals surface area (Å²) >= 11 is 0. The normalized spacial score (nSPS) is 15.3. The number of nitrogens with one attached hydrogen (secondary N) is 1. The van der Waals surface area contributed by atoms with Crippen molar-refractivity contribution in [2.24, 2.45) is 0 Å². The predicted octanol–water partition coefficient (Wildman–Crippen LogP) is 3.73. The maximum absolute atomic E-state index is 12.7. The van der Waals surface area contributed by atoms with Gasteiger partial charge in [0.25, 0.3) is 5.91 Å². The minimum atomic E-state index is -0.267. The highest BCUT2D eigenvalue weighted by Crippen LogP contribution is 2.39. The molecule has 1 aliphatic heterocycles. The Morgan fingerprint density at radius 2 is 1.67 bits per heavy atom. The molecule has 5 heteroatoms. The van der Waals surface area contributed by atoms with Gasteiger partial charge in [-0.2, -0.15) is 0 Å². The van der Waals surface area contributed by atoms with E-state index in [1.165, 1.54) is 0 Å². The maximum atomic E-state index is 12.7. The number of aromatic hydroxyl groups is 1. The highest BCUT2D eigenvalue weighted by atomic mass is 16.3. The molecule has 2 amide bonds. The lowest BCUT2D eigenvalue weighted by Gasteiger charge is -2.28. The molecule has 5 nitrogen and oxygen atoms in total. The minimum absolute atomic E-state index is 0.140. The number of carbonyl (C=O) groups is 2. The lowest BCUT2D eigenvalue weighted by molar-refractivity contribution is -0.127. The third-order valence-electron chi connectivity index (χ3n) is 5.05. The van der Waals surface area contributed by atoms with Crippen LogP contribution in [0.25, 0.3) is 0 Å².